The summed E-state index contributed by atoms with van der Waals surface area (Å²) >= 11 is 0. The van der Waals surface area contributed by atoms with Crippen LogP contribution in [0.5, 0.6) is 0 Å². The molecule has 0 aliphatic carbocycles. The zero-order chi connectivity index (χ0) is 2.71. The predicted molar refractivity (Wildman–Crippen MR) is 16.0 cm³/mol. The second kappa shape index (κ2) is 24.2. The predicted octanol–water partition coefficient (Wildman–Crippen LogP) is 1.42. The average molecular weight is 758 g/mol. The maximum absolute atomic E-state index is 2.12. The molecule has 0 fully saturated rings. The van der Waals surface area contributed by atoms with Gasteiger partial charge in [-0.05, 0) is 0 Å². The first kappa shape index (κ1) is 22.9. The molecule has 0 unspecified atom stereocenters. The minimum atomic E-state index is 0. The van der Waals surface area contributed by atoms with E-state index in [0.717, 1.165) is 0 Å². The summed E-state index contributed by atoms with van der Waals surface area (Å²) in [5.74, 6) is 0. The van der Waals surface area contributed by atoms with Gasteiger partial charge in [-0.15, -0.1) is 0 Å². The van der Waals surface area contributed by atoms with Gasteiger partial charge in [0.2, 0.25) is 0 Å². The molecule has 32 valence electrons. The Bertz CT molecular complexity index is 6.00. The molecule has 0 aromatic heterocycles. The third kappa shape index (κ3) is 27.2. The van der Waals surface area contributed by atoms with Crippen LogP contribution in [0.3, 0.4) is 0 Å². The number of hydrogen-bond donors (Lipinski definition) is 0. The molecule has 0 saturated carbocycles. The zero-order valence-electron chi connectivity index (χ0n) is 4.21. The summed E-state index contributed by atoms with van der Waals surface area (Å²) in [6, 6.07) is 0. The van der Waals surface area contributed by atoms with Crippen molar-refractivity contribution < 1.29 is 93.3 Å². The minimum Gasteiger partial charge on any atom is -0.0656 e. The van der Waals surface area contributed by atoms with Crippen LogP contribution >= 0.6 is 0 Å². The molecule has 0 bridgehead atoms. The molecule has 3 heteroatoms. The molecule has 0 aromatic carbocycles. The van der Waals surface area contributed by atoms with E-state index >= 15 is 0 Å². The first-order chi connectivity index (χ1) is 1.41. The van der Waals surface area contributed by atoms with Crippen molar-refractivity contribution in [2.45, 2.75) is 20.3 Å². The van der Waals surface area contributed by atoms with E-state index in [1.54, 1.807) is 0 Å². The first-order valence-electron chi connectivity index (χ1n) is 1.41. The Balaban J connectivity index is -0.00000000667. The van der Waals surface area contributed by atoms with Gasteiger partial charge in [0.25, 0.3) is 0 Å². The Labute approximate surface area is 111 Å². The van der Waals surface area contributed by atoms with Gasteiger partial charge >= 0.3 is 0 Å². The molecule has 0 N–H and O–H groups in total. The molecule has 0 heterocycles. The Kier molecular flexibility index (Phi) is 92.3. The monoisotopic (exact) mass is 758 g/mol. The molecular formula is C3H8U3. The fourth-order valence-corrected chi connectivity index (χ4v) is 0. The van der Waals surface area contributed by atoms with E-state index in [1.165, 1.54) is 6.42 Å². The summed E-state index contributed by atoms with van der Waals surface area (Å²) in [6.45, 7) is 4.25. The molecule has 0 aliphatic heterocycles. The van der Waals surface area contributed by atoms with E-state index in [0.29, 0.717) is 0 Å². The van der Waals surface area contributed by atoms with Crippen molar-refractivity contribution in [3.8, 4) is 0 Å². The summed E-state index contributed by atoms with van der Waals surface area (Å²) in [4.78, 5) is 0. The third-order valence-electron chi connectivity index (χ3n) is 0. The van der Waals surface area contributed by atoms with Gasteiger partial charge in [0, 0.05) is 93.3 Å². The van der Waals surface area contributed by atoms with Crippen LogP contribution in [-0.4, -0.2) is 0 Å². The molecule has 0 saturated heterocycles. The Morgan fingerprint density at radius 1 is 0.833 bits per heavy atom. The molecule has 0 nitrogen and oxygen atoms in total. The second-order valence-electron chi connectivity index (χ2n) is 0.707. The topological polar surface area (TPSA) is 0 Å². The number of hydrogen-bond acceptors (Lipinski definition) is 0. The Morgan fingerprint density at radius 3 is 0.833 bits per heavy atom. The SMILES string of the molecule is CCC.[U].[U].[U]. The maximum atomic E-state index is 2.12. The normalized spacial score (nSPS) is 3.00. The molecule has 0 amide bonds. The smallest absolute Gasteiger partial charge is 0 e. The van der Waals surface area contributed by atoms with Gasteiger partial charge < -0.3 is 0 Å². The van der Waals surface area contributed by atoms with E-state index in [-0.39, 0.29) is 93.3 Å². The molecule has 6 heavy (non-hydrogen) atoms. The Hall–Kier alpha value is 3.16. The molecular weight excluding hydrogens is 750 g/mol. The van der Waals surface area contributed by atoms with Gasteiger partial charge in [-0.2, -0.15) is 0 Å². The largest absolute Gasteiger partial charge is 0.0656 e. The molecule has 0 radical (unpaired) electrons. The number of rotatable bonds is 0. The van der Waals surface area contributed by atoms with Crippen molar-refractivity contribution in [1.29, 1.82) is 0 Å². The van der Waals surface area contributed by atoms with Crippen LogP contribution in [-0.2, 0) is 0 Å². The average Bonchev–Trinajstić information content (AvgIpc) is 0.918. The van der Waals surface area contributed by atoms with Crippen molar-refractivity contribution in [2.24, 2.45) is 0 Å². The Morgan fingerprint density at radius 2 is 0.833 bits per heavy atom. The molecule has 0 spiro atoms. The minimum absolute atomic E-state index is 0. The summed E-state index contributed by atoms with van der Waals surface area (Å²) in [7, 11) is 0. The second-order valence-corrected chi connectivity index (χ2v) is 0.707. The van der Waals surface area contributed by atoms with Crippen LogP contribution in [0, 0.1) is 93.3 Å². The van der Waals surface area contributed by atoms with Crippen molar-refractivity contribution in [3.63, 3.8) is 0 Å². The van der Waals surface area contributed by atoms with Crippen LogP contribution in [0.25, 0.3) is 0 Å². The van der Waals surface area contributed by atoms with E-state index in [2.05, 4.69) is 13.8 Å². The van der Waals surface area contributed by atoms with Gasteiger partial charge in [0.15, 0.2) is 0 Å². The van der Waals surface area contributed by atoms with Crippen LogP contribution in [0.15, 0.2) is 0 Å². The van der Waals surface area contributed by atoms with Gasteiger partial charge in [-0.3, -0.25) is 0 Å². The zero-order valence-corrected chi connectivity index (χ0v) is 16.7. The first-order valence-corrected chi connectivity index (χ1v) is 1.41. The fourth-order valence-electron chi connectivity index (χ4n) is 0. The van der Waals surface area contributed by atoms with Gasteiger partial charge in [0.1, 0.15) is 0 Å². The molecule has 0 atom stereocenters. The van der Waals surface area contributed by atoms with Crippen LogP contribution in [0.4, 0.5) is 0 Å². The van der Waals surface area contributed by atoms with Crippen molar-refractivity contribution in [3.05, 3.63) is 0 Å². The van der Waals surface area contributed by atoms with E-state index in [9.17, 15) is 0 Å². The summed E-state index contributed by atoms with van der Waals surface area (Å²) in [6.07, 6.45) is 1.25. The third-order valence-corrected chi connectivity index (χ3v) is 0. The standard InChI is InChI=1S/C3H8.3U/c1-3-2;;;/h3H2,1-2H3;;;. The summed E-state index contributed by atoms with van der Waals surface area (Å²) < 4.78 is 0. The summed E-state index contributed by atoms with van der Waals surface area (Å²) in [5.41, 5.74) is 0. The van der Waals surface area contributed by atoms with E-state index in [1.807, 2.05) is 0 Å². The van der Waals surface area contributed by atoms with Gasteiger partial charge in [-0.1, -0.05) is 20.3 Å². The van der Waals surface area contributed by atoms with Crippen molar-refractivity contribution in [1.82, 2.24) is 0 Å². The summed E-state index contributed by atoms with van der Waals surface area (Å²) in [5, 5.41) is 0. The van der Waals surface area contributed by atoms with Gasteiger partial charge in [0.05, 0.1) is 0 Å². The van der Waals surface area contributed by atoms with Gasteiger partial charge in [-0.25, -0.2) is 0 Å². The maximum Gasteiger partial charge on any atom is 0 e. The molecule has 0 aromatic rings. The molecule has 0 aliphatic rings. The van der Waals surface area contributed by atoms with E-state index in [4.69, 9.17) is 0 Å². The fraction of sp³-hybridized carbons (Fsp3) is 1.00. The van der Waals surface area contributed by atoms with E-state index < -0.39 is 0 Å². The van der Waals surface area contributed by atoms with Crippen LogP contribution in [0.2, 0.25) is 0 Å². The van der Waals surface area contributed by atoms with Crippen molar-refractivity contribution >= 4 is 0 Å². The van der Waals surface area contributed by atoms with Crippen LogP contribution in [0.1, 0.15) is 20.3 Å². The van der Waals surface area contributed by atoms with Crippen molar-refractivity contribution in [2.75, 3.05) is 0 Å². The quantitative estimate of drug-likeness (QED) is 0.351. The molecule has 0 rings (SSSR count). The van der Waals surface area contributed by atoms with Crippen LogP contribution < -0.4 is 0 Å².